The molecule has 2 aromatic carbocycles. The highest BCUT2D eigenvalue weighted by Crippen LogP contribution is 2.26. The van der Waals surface area contributed by atoms with Gasteiger partial charge in [0, 0.05) is 11.8 Å². The molecule has 0 atom stereocenters. The zero-order valence-electron chi connectivity index (χ0n) is 11.9. The van der Waals surface area contributed by atoms with Crippen LogP contribution in [-0.2, 0) is 4.79 Å². The van der Waals surface area contributed by atoms with Gasteiger partial charge in [-0.15, -0.1) is 0 Å². The third kappa shape index (κ3) is 2.64. The lowest BCUT2D eigenvalue weighted by molar-refractivity contribution is -0.115. The summed E-state index contributed by atoms with van der Waals surface area (Å²) >= 11 is 0.900. The number of rotatable bonds is 2. The Morgan fingerprint density at radius 2 is 1.91 bits per heavy atom. The molecule has 112 valence electrons. The van der Waals surface area contributed by atoms with Crippen LogP contribution >= 0.6 is 11.8 Å². The van der Waals surface area contributed by atoms with Crippen molar-refractivity contribution in [3.8, 4) is 5.69 Å². The topological polar surface area (TPSA) is 64.0 Å². The molecule has 23 heavy (non-hydrogen) atoms. The average Bonchev–Trinajstić information content (AvgIpc) is 3.14. The molecule has 0 aliphatic carbocycles. The van der Waals surface area contributed by atoms with Crippen LogP contribution in [0.15, 0.2) is 59.8 Å². The highest BCUT2D eigenvalue weighted by molar-refractivity contribution is 8.18. The summed E-state index contributed by atoms with van der Waals surface area (Å²) < 4.78 is 1.75. The molecule has 0 unspecified atom stereocenters. The van der Waals surface area contributed by atoms with Crippen molar-refractivity contribution in [2.75, 3.05) is 0 Å². The maximum atomic E-state index is 11.6. The lowest BCUT2D eigenvalue weighted by Gasteiger charge is -2.03. The monoisotopic (exact) mass is 321 g/mol. The van der Waals surface area contributed by atoms with Crippen LogP contribution in [0.4, 0.5) is 4.79 Å². The molecule has 1 fully saturated rings. The van der Waals surface area contributed by atoms with Gasteiger partial charge in [-0.2, -0.15) is 5.10 Å². The molecule has 0 saturated carbocycles. The molecule has 0 spiro atoms. The van der Waals surface area contributed by atoms with Crippen molar-refractivity contribution in [1.29, 1.82) is 0 Å². The Hall–Kier alpha value is -2.86. The first-order valence-corrected chi connectivity index (χ1v) is 7.79. The zero-order chi connectivity index (χ0) is 15.8. The van der Waals surface area contributed by atoms with Crippen molar-refractivity contribution in [1.82, 2.24) is 15.1 Å². The number of nitrogens with zero attached hydrogens (tertiary/aromatic N) is 2. The second kappa shape index (κ2) is 5.40. The summed E-state index contributed by atoms with van der Waals surface area (Å²) in [6, 6.07) is 14.2. The van der Waals surface area contributed by atoms with E-state index >= 15 is 0 Å². The van der Waals surface area contributed by atoms with Gasteiger partial charge < -0.3 is 0 Å². The Labute approximate surface area is 136 Å². The van der Waals surface area contributed by atoms with Gasteiger partial charge in [-0.05, 0) is 40.7 Å². The molecule has 1 N–H and O–H groups in total. The van der Waals surface area contributed by atoms with E-state index in [2.05, 4.69) is 28.6 Å². The summed E-state index contributed by atoms with van der Waals surface area (Å²) in [5.41, 5.74) is 1.71. The number of fused-ring (bicyclic) bond motifs is 1. The summed E-state index contributed by atoms with van der Waals surface area (Å²) in [6.07, 6.45) is 5.15. The number of imide groups is 1. The lowest BCUT2D eigenvalue weighted by atomic mass is 10.1. The average molecular weight is 321 g/mol. The highest BCUT2D eigenvalue weighted by Gasteiger charge is 2.25. The predicted molar refractivity (Wildman–Crippen MR) is 90.2 cm³/mol. The fraction of sp³-hybridized carbons (Fsp3) is 0. The van der Waals surface area contributed by atoms with Gasteiger partial charge in [0.25, 0.3) is 11.1 Å². The Kier molecular flexibility index (Phi) is 3.24. The molecule has 2 heterocycles. The van der Waals surface area contributed by atoms with E-state index in [4.69, 9.17) is 0 Å². The van der Waals surface area contributed by atoms with Gasteiger partial charge in [0.1, 0.15) is 0 Å². The van der Waals surface area contributed by atoms with E-state index in [0.717, 1.165) is 28.4 Å². The van der Waals surface area contributed by atoms with Crippen LogP contribution in [0.2, 0.25) is 0 Å². The molecular weight excluding hydrogens is 310 g/mol. The number of carbonyl (C=O) groups is 2. The summed E-state index contributed by atoms with van der Waals surface area (Å²) in [5.74, 6) is -0.363. The molecule has 1 aliphatic heterocycles. The number of nitrogens with one attached hydrogen (secondary N) is 1. The molecule has 3 aromatic rings. The molecule has 0 bridgehead atoms. The van der Waals surface area contributed by atoms with Crippen LogP contribution in [0.25, 0.3) is 22.5 Å². The van der Waals surface area contributed by atoms with Crippen molar-refractivity contribution in [2.45, 2.75) is 0 Å². The van der Waals surface area contributed by atoms with Crippen LogP contribution < -0.4 is 5.32 Å². The molecular formula is C17H11N3O2S. The minimum absolute atomic E-state index is 0.344. The molecule has 1 saturated heterocycles. The van der Waals surface area contributed by atoms with Gasteiger partial charge in [0.05, 0.1) is 16.8 Å². The minimum atomic E-state index is -0.363. The third-order valence-electron chi connectivity index (χ3n) is 3.54. The number of thioether (sulfide) groups is 1. The molecule has 0 radical (unpaired) electrons. The Morgan fingerprint density at radius 3 is 2.70 bits per heavy atom. The summed E-state index contributed by atoms with van der Waals surface area (Å²) in [5, 5.41) is 8.52. The molecule has 1 aromatic heterocycles. The number of amides is 2. The van der Waals surface area contributed by atoms with Gasteiger partial charge in [-0.1, -0.05) is 30.3 Å². The smallest absolute Gasteiger partial charge is 0.282 e. The maximum absolute atomic E-state index is 11.6. The van der Waals surface area contributed by atoms with E-state index in [9.17, 15) is 9.59 Å². The molecule has 4 rings (SSSR count). The van der Waals surface area contributed by atoms with Crippen LogP contribution in [-0.4, -0.2) is 20.9 Å². The summed E-state index contributed by atoms with van der Waals surface area (Å²) in [4.78, 5) is 23.1. The maximum Gasteiger partial charge on any atom is 0.290 e. The van der Waals surface area contributed by atoms with Crippen molar-refractivity contribution in [3.05, 3.63) is 65.3 Å². The SMILES string of the molecule is O=C1NC(=O)/C(=C/c2cnn(-c3ccc4ccccc4c3)c2)S1. The van der Waals surface area contributed by atoms with Gasteiger partial charge in [0.2, 0.25) is 0 Å². The first kappa shape index (κ1) is 13.8. The third-order valence-corrected chi connectivity index (χ3v) is 4.35. The van der Waals surface area contributed by atoms with Crippen molar-refractivity contribution in [3.63, 3.8) is 0 Å². The van der Waals surface area contributed by atoms with Gasteiger partial charge in [0.15, 0.2) is 0 Å². The number of hydrogen-bond donors (Lipinski definition) is 1. The van der Waals surface area contributed by atoms with E-state index in [1.54, 1.807) is 17.0 Å². The van der Waals surface area contributed by atoms with Crippen molar-refractivity contribution >= 4 is 39.8 Å². The summed E-state index contributed by atoms with van der Waals surface area (Å²) in [6.45, 7) is 0. The Balaban J connectivity index is 1.68. The van der Waals surface area contributed by atoms with Crippen LogP contribution in [0.5, 0.6) is 0 Å². The van der Waals surface area contributed by atoms with E-state index in [-0.39, 0.29) is 11.1 Å². The van der Waals surface area contributed by atoms with Crippen molar-refractivity contribution in [2.24, 2.45) is 0 Å². The van der Waals surface area contributed by atoms with E-state index in [1.807, 2.05) is 30.5 Å². The Morgan fingerprint density at radius 1 is 1.09 bits per heavy atom. The number of hydrogen-bond acceptors (Lipinski definition) is 4. The largest absolute Gasteiger partial charge is 0.290 e. The van der Waals surface area contributed by atoms with Crippen LogP contribution in [0.1, 0.15) is 5.56 Å². The fourth-order valence-corrected chi connectivity index (χ4v) is 3.13. The van der Waals surface area contributed by atoms with E-state index < -0.39 is 0 Å². The first-order chi connectivity index (χ1) is 11.2. The first-order valence-electron chi connectivity index (χ1n) is 6.98. The number of benzene rings is 2. The fourth-order valence-electron chi connectivity index (χ4n) is 2.44. The highest BCUT2D eigenvalue weighted by atomic mass is 32.2. The van der Waals surface area contributed by atoms with E-state index in [1.165, 1.54) is 5.39 Å². The molecule has 6 heteroatoms. The predicted octanol–water partition coefficient (Wildman–Crippen LogP) is 3.35. The van der Waals surface area contributed by atoms with Crippen LogP contribution in [0, 0.1) is 0 Å². The second-order valence-corrected chi connectivity index (χ2v) is 6.12. The van der Waals surface area contributed by atoms with Gasteiger partial charge in [-0.25, -0.2) is 4.68 Å². The standard InChI is InChI=1S/C17H11N3O2S/c21-16-15(23-17(22)19-16)7-11-9-18-20(10-11)14-6-5-12-3-1-2-4-13(12)8-14/h1-10H,(H,19,21,22)/b15-7-. The van der Waals surface area contributed by atoms with Gasteiger partial charge in [-0.3, -0.25) is 14.9 Å². The van der Waals surface area contributed by atoms with Gasteiger partial charge >= 0.3 is 0 Å². The molecule has 5 nitrogen and oxygen atoms in total. The molecule has 2 amide bonds. The molecule has 1 aliphatic rings. The number of carbonyl (C=O) groups excluding carboxylic acids is 2. The Bertz CT molecular complexity index is 975. The second-order valence-electron chi connectivity index (χ2n) is 5.10. The van der Waals surface area contributed by atoms with E-state index in [0.29, 0.717) is 4.91 Å². The van der Waals surface area contributed by atoms with Crippen molar-refractivity contribution < 1.29 is 9.59 Å². The minimum Gasteiger partial charge on any atom is -0.282 e. The number of aromatic nitrogens is 2. The normalized spacial score (nSPS) is 16.3. The quantitative estimate of drug-likeness (QED) is 0.735. The summed E-state index contributed by atoms with van der Waals surface area (Å²) in [7, 11) is 0. The lowest BCUT2D eigenvalue weighted by Crippen LogP contribution is -2.17. The van der Waals surface area contributed by atoms with Crippen LogP contribution in [0.3, 0.4) is 0 Å². The zero-order valence-corrected chi connectivity index (χ0v) is 12.7.